The van der Waals surface area contributed by atoms with Gasteiger partial charge >= 0.3 is 0 Å². The molecule has 0 heterocycles. The van der Waals surface area contributed by atoms with Crippen molar-refractivity contribution in [3.8, 4) is 0 Å². The molecule has 0 radical (unpaired) electrons. The second kappa shape index (κ2) is 8.19. The molecular weight excluding hydrogens is 312 g/mol. The predicted octanol–water partition coefficient (Wildman–Crippen LogP) is 5.55. The van der Waals surface area contributed by atoms with Crippen LogP contribution in [0.2, 0.25) is 0 Å². The molecule has 1 aliphatic carbocycles. The fraction of sp³-hybridized carbons (Fsp3) is 0.667. The van der Waals surface area contributed by atoms with Crippen molar-refractivity contribution in [1.29, 1.82) is 0 Å². The molecule has 1 N–H and O–H groups in total. The first-order chi connectivity index (χ1) is 9.71. The van der Waals surface area contributed by atoms with Crippen LogP contribution in [0.3, 0.4) is 0 Å². The smallest absolute Gasteiger partial charge is 0.0540 e. The largest absolute Gasteiger partial charge is 0.393 e. The Kier molecular flexibility index (Phi) is 6.57. The van der Waals surface area contributed by atoms with Gasteiger partial charge in [0.2, 0.25) is 0 Å². The molecule has 1 aromatic carbocycles. The third-order valence-electron chi connectivity index (χ3n) is 4.53. The lowest BCUT2D eigenvalue weighted by atomic mass is 9.86. The van der Waals surface area contributed by atoms with Crippen molar-refractivity contribution in [3.05, 3.63) is 35.9 Å². The molecule has 2 rings (SSSR count). The summed E-state index contributed by atoms with van der Waals surface area (Å²) in [7, 11) is 0. The van der Waals surface area contributed by atoms with Gasteiger partial charge in [0, 0.05) is 0 Å². The van der Waals surface area contributed by atoms with Gasteiger partial charge in [-0.3, -0.25) is 0 Å². The second-order valence-corrected chi connectivity index (χ2v) is 7.70. The van der Waals surface area contributed by atoms with Crippen molar-refractivity contribution in [3.63, 3.8) is 0 Å². The van der Waals surface area contributed by atoms with E-state index in [9.17, 15) is 5.11 Å². The monoisotopic (exact) mass is 338 g/mol. The van der Waals surface area contributed by atoms with E-state index in [0.717, 1.165) is 19.3 Å². The highest BCUT2D eigenvalue weighted by Crippen LogP contribution is 2.41. The molecule has 0 bridgehead atoms. The first kappa shape index (κ1) is 16.0. The average Bonchev–Trinajstić information content (AvgIpc) is 2.47. The summed E-state index contributed by atoms with van der Waals surface area (Å²) in [5.41, 5.74) is 1.37. The van der Waals surface area contributed by atoms with Gasteiger partial charge in [0.05, 0.1) is 10.4 Å². The zero-order chi connectivity index (χ0) is 14.3. The first-order valence-corrected chi connectivity index (χ1v) is 8.92. The molecular formula is C18H27BrO. The zero-order valence-electron chi connectivity index (χ0n) is 12.4. The maximum absolute atomic E-state index is 10.2. The summed E-state index contributed by atoms with van der Waals surface area (Å²) in [6, 6.07) is 10.7. The van der Waals surface area contributed by atoms with Gasteiger partial charge in [-0.25, -0.2) is 0 Å². The number of benzene rings is 1. The Labute approximate surface area is 131 Å². The number of aliphatic hydroxyl groups is 1. The summed E-state index contributed by atoms with van der Waals surface area (Å²) in [6.45, 7) is 0. The van der Waals surface area contributed by atoms with Crippen LogP contribution >= 0.6 is 15.9 Å². The van der Waals surface area contributed by atoms with Crippen molar-refractivity contribution >= 4 is 15.9 Å². The Morgan fingerprint density at radius 1 is 0.850 bits per heavy atom. The number of aliphatic hydroxyl groups excluding tert-OH is 1. The van der Waals surface area contributed by atoms with E-state index in [2.05, 4.69) is 46.3 Å². The van der Waals surface area contributed by atoms with E-state index >= 15 is 0 Å². The lowest BCUT2D eigenvalue weighted by Gasteiger charge is -2.30. The summed E-state index contributed by atoms with van der Waals surface area (Å²) in [6.07, 6.45) is 11.7. The summed E-state index contributed by atoms with van der Waals surface area (Å²) in [5.74, 6) is 0. The quantitative estimate of drug-likeness (QED) is 0.665. The Hall–Kier alpha value is -0.340. The van der Waals surface area contributed by atoms with Gasteiger partial charge in [0.15, 0.2) is 0 Å². The molecule has 20 heavy (non-hydrogen) atoms. The van der Waals surface area contributed by atoms with Crippen LogP contribution in [-0.2, 0) is 4.32 Å². The zero-order valence-corrected chi connectivity index (χ0v) is 13.9. The van der Waals surface area contributed by atoms with Crippen molar-refractivity contribution < 1.29 is 5.11 Å². The van der Waals surface area contributed by atoms with Gasteiger partial charge in [-0.1, -0.05) is 84.8 Å². The van der Waals surface area contributed by atoms with Crippen molar-refractivity contribution in [2.24, 2.45) is 0 Å². The van der Waals surface area contributed by atoms with E-state index in [1.54, 1.807) is 0 Å². The lowest BCUT2D eigenvalue weighted by molar-refractivity contribution is 0.142. The normalized spacial score (nSPS) is 30.2. The second-order valence-electron chi connectivity index (χ2n) is 6.18. The van der Waals surface area contributed by atoms with E-state index in [4.69, 9.17) is 0 Å². The molecule has 2 unspecified atom stereocenters. The maximum Gasteiger partial charge on any atom is 0.0540 e. The number of alkyl halides is 1. The molecule has 0 aliphatic heterocycles. The molecule has 1 fully saturated rings. The minimum atomic E-state index is -0.130. The van der Waals surface area contributed by atoms with Gasteiger partial charge in [-0.05, 0) is 31.2 Å². The minimum Gasteiger partial charge on any atom is -0.393 e. The summed E-state index contributed by atoms with van der Waals surface area (Å²) < 4.78 is 0.0500. The standard InChI is InChI=1S/C18H27BrO/c19-18(16-10-6-5-7-11-16)14-9-4-2-1-3-8-12-17(20)13-15-18/h5-7,10-11,17,20H,1-4,8-9,12-15H2. The number of halogens is 1. The fourth-order valence-corrected chi connectivity index (χ4v) is 3.96. The Bertz CT molecular complexity index is 378. The number of hydrogen-bond donors (Lipinski definition) is 1. The number of rotatable bonds is 1. The Morgan fingerprint density at radius 2 is 1.50 bits per heavy atom. The third kappa shape index (κ3) is 4.89. The van der Waals surface area contributed by atoms with Crippen LogP contribution in [0.15, 0.2) is 30.3 Å². The van der Waals surface area contributed by atoms with Crippen LogP contribution in [0.4, 0.5) is 0 Å². The molecule has 2 atom stereocenters. The van der Waals surface area contributed by atoms with E-state index in [-0.39, 0.29) is 10.4 Å². The minimum absolute atomic E-state index is 0.0500. The van der Waals surface area contributed by atoms with Crippen molar-refractivity contribution in [2.75, 3.05) is 0 Å². The molecule has 1 nitrogen and oxygen atoms in total. The molecule has 2 heteroatoms. The van der Waals surface area contributed by atoms with Crippen LogP contribution in [0.25, 0.3) is 0 Å². The van der Waals surface area contributed by atoms with Crippen LogP contribution in [0.5, 0.6) is 0 Å². The van der Waals surface area contributed by atoms with Gasteiger partial charge < -0.3 is 5.11 Å². The van der Waals surface area contributed by atoms with Crippen LogP contribution in [-0.4, -0.2) is 11.2 Å². The fourth-order valence-electron chi connectivity index (χ4n) is 3.18. The van der Waals surface area contributed by atoms with E-state index in [0.29, 0.717) is 0 Å². The number of hydrogen-bond acceptors (Lipinski definition) is 1. The highest BCUT2D eigenvalue weighted by Gasteiger charge is 2.29. The summed E-state index contributed by atoms with van der Waals surface area (Å²) in [5, 5.41) is 10.2. The predicted molar refractivity (Wildman–Crippen MR) is 89.2 cm³/mol. The maximum atomic E-state index is 10.2. The van der Waals surface area contributed by atoms with Crippen molar-refractivity contribution in [2.45, 2.75) is 74.6 Å². The third-order valence-corrected chi connectivity index (χ3v) is 5.78. The summed E-state index contributed by atoms with van der Waals surface area (Å²) >= 11 is 4.01. The topological polar surface area (TPSA) is 20.2 Å². The highest BCUT2D eigenvalue weighted by molar-refractivity contribution is 9.09. The van der Waals surface area contributed by atoms with E-state index < -0.39 is 0 Å². The molecule has 0 spiro atoms. The van der Waals surface area contributed by atoms with Crippen LogP contribution in [0.1, 0.15) is 69.8 Å². The van der Waals surface area contributed by atoms with Gasteiger partial charge in [-0.2, -0.15) is 0 Å². The molecule has 112 valence electrons. The highest BCUT2D eigenvalue weighted by atomic mass is 79.9. The lowest BCUT2D eigenvalue weighted by Crippen LogP contribution is -2.21. The Balaban J connectivity index is 2.06. The molecule has 0 saturated heterocycles. The van der Waals surface area contributed by atoms with E-state index in [1.165, 1.54) is 50.5 Å². The van der Waals surface area contributed by atoms with Crippen LogP contribution < -0.4 is 0 Å². The van der Waals surface area contributed by atoms with E-state index in [1.807, 2.05) is 0 Å². The Morgan fingerprint density at radius 3 is 2.25 bits per heavy atom. The molecule has 1 aromatic rings. The molecule has 1 saturated carbocycles. The van der Waals surface area contributed by atoms with Crippen LogP contribution in [0, 0.1) is 0 Å². The van der Waals surface area contributed by atoms with Crippen molar-refractivity contribution in [1.82, 2.24) is 0 Å². The SMILES string of the molecule is OC1CCCCCCCCC(Br)(c2ccccc2)CC1. The first-order valence-electron chi connectivity index (χ1n) is 8.13. The van der Waals surface area contributed by atoms with Gasteiger partial charge in [-0.15, -0.1) is 0 Å². The van der Waals surface area contributed by atoms with Gasteiger partial charge in [0.1, 0.15) is 0 Å². The molecule has 1 aliphatic rings. The average molecular weight is 339 g/mol. The van der Waals surface area contributed by atoms with Gasteiger partial charge in [0.25, 0.3) is 0 Å². The molecule has 0 aromatic heterocycles. The molecule has 0 amide bonds. The summed E-state index contributed by atoms with van der Waals surface area (Å²) in [4.78, 5) is 0.